The van der Waals surface area contributed by atoms with E-state index in [9.17, 15) is 9.50 Å². The van der Waals surface area contributed by atoms with Crippen molar-refractivity contribution in [2.24, 2.45) is 0 Å². The third-order valence-corrected chi connectivity index (χ3v) is 2.92. The second kappa shape index (κ2) is 4.50. The molecule has 0 aromatic heterocycles. The number of halogens is 1. The van der Waals surface area contributed by atoms with Crippen molar-refractivity contribution in [2.75, 3.05) is 6.54 Å². The third-order valence-electron chi connectivity index (χ3n) is 2.92. The number of hydrogen-bond acceptors (Lipinski definition) is 3. The first-order chi connectivity index (χ1) is 7.72. The molecule has 84 valence electrons. The van der Waals surface area contributed by atoms with E-state index in [2.05, 4.69) is 5.32 Å². The molecule has 1 heterocycles. The van der Waals surface area contributed by atoms with Gasteiger partial charge in [0.15, 0.2) is 11.6 Å². The number of aromatic hydroxyl groups is 1. The predicted octanol–water partition coefficient (Wildman–Crippen LogP) is 2.22. The SMILES string of the molecule is N#Cc1cc(C2CCCCN2)cc(F)c1O. The number of nitriles is 1. The first-order valence-corrected chi connectivity index (χ1v) is 5.38. The fraction of sp³-hybridized carbons (Fsp3) is 0.417. The zero-order valence-corrected chi connectivity index (χ0v) is 8.83. The van der Waals surface area contributed by atoms with E-state index < -0.39 is 11.6 Å². The van der Waals surface area contributed by atoms with Gasteiger partial charge in [-0.1, -0.05) is 6.42 Å². The fourth-order valence-electron chi connectivity index (χ4n) is 2.04. The quantitative estimate of drug-likeness (QED) is 0.763. The molecular formula is C12H13FN2O. The Morgan fingerprint density at radius 2 is 2.25 bits per heavy atom. The van der Waals surface area contributed by atoms with Crippen LogP contribution >= 0.6 is 0 Å². The minimum atomic E-state index is -0.721. The molecule has 2 rings (SSSR count). The molecule has 1 fully saturated rings. The van der Waals surface area contributed by atoms with E-state index in [1.807, 2.05) is 0 Å². The van der Waals surface area contributed by atoms with Crippen LogP contribution in [0.1, 0.15) is 36.4 Å². The summed E-state index contributed by atoms with van der Waals surface area (Å²) in [7, 11) is 0. The Labute approximate surface area is 93.5 Å². The zero-order chi connectivity index (χ0) is 11.5. The lowest BCUT2D eigenvalue weighted by atomic mass is 9.96. The Bertz CT molecular complexity index is 433. The Hall–Kier alpha value is -1.60. The highest BCUT2D eigenvalue weighted by atomic mass is 19.1. The van der Waals surface area contributed by atoms with Gasteiger partial charge in [0.2, 0.25) is 0 Å². The first kappa shape index (κ1) is 10.9. The van der Waals surface area contributed by atoms with Crippen molar-refractivity contribution in [2.45, 2.75) is 25.3 Å². The van der Waals surface area contributed by atoms with Gasteiger partial charge in [-0.25, -0.2) is 4.39 Å². The topological polar surface area (TPSA) is 56.0 Å². The van der Waals surface area contributed by atoms with Crippen molar-refractivity contribution in [1.29, 1.82) is 5.26 Å². The molecule has 0 aliphatic carbocycles. The monoisotopic (exact) mass is 220 g/mol. The summed E-state index contributed by atoms with van der Waals surface area (Å²) in [5.41, 5.74) is 0.744. The van der Waals surface area contributed by atoms with Crippen molar-refractivity contribution >= 4 is 0 Å². The minimum Gasteiger partial charge on any atom is -0.504 e. The van der Waals surface area contributed by atoms with E-state index in [0.29, 0.717) is 0 Å². The van der Waals surface area contributed by atoms with Crippen LogP contribution in [0, 0.1) is 17.1 Å². The summed E-state index contributed by atoms with van der Waals surface area (Å²) in [4.78, 5) is 0. The molecule has 3 nitrogen and oxygen atoms in total. The number of phenolic OH excluding ortho intramolecular Hbond substituents is 1. The standard InChI is InChI=1S/C12H13FN2O/c13-10-6-8(5-9(7-14)12(10)16)11-3-1-2-4-15-11/h5-6,11,15-16H,1-4H2. The lowest BCUT2D eigenvalue weighted by Gasteiger charge is -2.24. The summed E-state index contributed by atoms with van der Waals surface area (Å²) in [6, 6.07) is 4.75. The van der Waals surface area contributed by atoms with Gasteiger partial charge < -0.3 is 10.4 Å². The van der Waals surface area contributed by atoms with Gasteiger partial charge in [0, 0.05) is 6.04 Å². The van der Waals surface area contributed by atoms with Crippen LogP contribution in [0.3, 0.4) is 0 Å². The molecule has 0 bridgehead atoms. The Kier molecular flexibility index (Phi) is 3.07. The Balaban J connectivity index is 2.34. The van der Waals surface area contributed by atoms with Crippen LogP contribution in [0.5, 0.6) is 5.75 Å². The molecule has 0 amide bonds. The van der Waals surface area contributed by atoms with Gasteiger partial charge in [-0.05, 0) is 37.1 Å². The maximum Gasteiger partial charge on any atom is 0.169 e. The molecule has 4 heteroatoms. The highest BCUT2D eigenvalue weighted by Crippen LogP contribution is 2.29. The third kappa shape index (κ3) is 2.00. The van der Waals surface area contributed by atoms with E-state index in [-0.39, 0.29) is 11.6 Å². The van der Waals surface area contributed by atoms with E-state index >= 15 is 0 Å². The molecule has 16 heavy (non-hydrogen) atoms. The smallest absolute Gasteiger partial charge is 0.169 e. The van der Waals surface area contributed by atoms with Crippen LogP contribution < -0.4 is 5.32 Å². The maximum atomic E-state index is 13.4. The normalized spacial score (nSPS) is 20.4. The second-order valence-electron chi connectivity index (χ2n) is 4.01. The van der Waals surface area contributed by atoms with Gasteiger partial charge in [0.25, 0.3) is 0 Å². The number of nitrogens with zero attached hydrogens (tertiary/aromatic N) is 1. The summed E-state index contributed by atoms with van der Waals surface area (Å²) in [6.07, 6.45) is 3.17. The number of benzene rings is 1. The van der Waals surface area contributed by atoms with Gasteiger partial charge >= 0.3 is 0 Å². The van der Waals surface area contributed by atoms with Crippen LogP contribution in [0.4, 0.5) is 4.39 Å². The number of phenols is 1. The van der Waals surface area contributed by atoms with Crippen molar-refractivity contribution < 1.29 is 9.50 Å². The van der Waals surface area contributed by atoms with Crippen molar-refractivity contribution in [3.8, 4) is 11.8 Å². The second-order valence-corrected chi connectivity index (χ2v) is 4.01. The molecule has 2 N–H and O–H groups in total. The largest absolute Gasteiger partial charge is 0.504 e. The number of rotatable bonds is 1. The van der Waals surface area contributed by atoms with Crippen molar-refractivity contribution in [3.05, 3.63) is 29.1 Å². The number of hydrogen-bond donors (Lipinski definition) is 2. The molecule has 1 aromatic rings. The molecular weight excluding hydrogens is 207 g/mol. The predicted molar refractivity (Wildman–Crippen MR) is 57.4 cm³/mol. The van der Waals surface area contributed by atoms with Crippen LogP contribution in [0.15, 0.2) is 12.1 Å². The van der Waals surface area contributed by atoms with Gasteiger partial charge in [0.1, 0.15) is 6.07 Å². The molecule has 1 aliphatic rings. The van der Waals surface area contributed by atoms with Gasteiger partial charge in [-0.15, -0.1) is 0 Å². The van der Waals surface area contributed by atoms with E-state index in [0.717, 1.165) is 31.4 Å². The molecule has 0 spiro atoms. The molecule has 0 radical (unpaired) electrons. The average molecular weight is 220 g/mol. The summed E-state index contributed by atoms with van der Waals surface area (Å²) < 4.78 is 13.4. The molecule has 1 unspecified atom stereocenters. The molecule has 1 aromatic carbocycles. The zero-order valence-electron chi connectivity index (χ0n) is 8.83. The van der Waals surface area contributed by atoms with E-state index in [1.54, 1.807) is 12.1 Å². The van der Waals surface area contributed by atoms with Crippen LogP contribution in [-0.4, -0.2) is 11.7 Å². The van der Waals surface area contributed by atoms with Crippen LogP contribution in [0.25, 0.3) is 0 Å². The molecule has 1 saturated heterocycles. The van der Waals surface area contributed by atoms with Crippen molar-refractivity contribution in [3.63, 3.8) is 0 Å². The first-order valence-electron chi connectivity index (χ1n) is 5.38. The lowest BCUT2D eigenvalue weighted by Crippen LogP contribution is -2.26. The van der Waals surface area contributed by atoms with Crippen LogP contribution in [-0.2, 0) is 0 Å². The minimum absolute atomic E-state index is 0.00220. The highest BCUT2D eigenvalue weighted by molar-refractivity contribution is 5.46. The molecule has 0 saturated carbocycles. The van der Waals surface area contributed by atoms with Gasteiger partial charge in [0.05, 0.1) is 5.56 Å². The Morgan fingerprint density at radius 1 is 1.44 bits per heavy atom. The summed E-state index contributed by atoms with van der Waals surface area (Å²) in [5.74, 6) is -1.27. The summed E-state index contributed by atoms with van der Waals surface area (Å²) in [5, 5.41) is 21.3. The lowest BCUT2D eigenvalue weighted by molar-refractivity contribution is 0.404. The van der Waals surface area contributed by atoms with Gasteiger partial charge in [-0.2, -0.15) is 5.26 Å². The average Bonchev–Trinajstić information content (AvgIpc) is 2.33. The van der Waals surface area contributed by atoms with E-state index in [1.165, 1.54) is 6.07 Å². The summed E-state index contributed by atoms with van der Waals surface area (Å²) >= 11 is 0. The number of piperidine rings is 1. The van der Waals surface area contributed by atoms with Crippen molar-refractivity contribution in [1.82, 2.24) is 5.32 Å². The fourth-order valence-corrected chi connectivity index (χ4v) is 2.04. The van der Waals surface area contributed by atoms with Crippen LogP contribution in [0.2, 0.25) is 0 Å². The number of nitrogens with one attached hydrogen (secondary N) is 1. The maximum absolute atomic E-state index is 13.4. The molecule has 1 atom stereocenters. The molecule has 1 aliphatic heterocycles. The Morgan fingerprint density at radius 3 is 2.88 bits per heavy atom. The summed E-state index contributed by atoms with van der Waals surface area (Å²) in [6.45, 7) is 0.912. The van der Waals surface area contributed by atoms with E-state index in [4.69, 9.17) is 5.26 Å². The highest BCUT2D eigenvalue weighted by Gasteiger charge is 2.18. The van der Waals surface area contributed by atoms with Gasteiger partial charge in [-0.3, -0.25) is 0 Å².